The second-order valence-electron chi connectivity index (χ2n) is 4.67. The molecular weight excluding hydrogens is 261 g/mol. The van der Waals surface area contributed by atoms with Gasteiger partial charge in [0.25, 0.3) is 0 Å². The summed E-state index contributed by atoms with van der Waals surface area (Å²) in [5, 5.41) is 2.58. The van der Waals surface area contributed by atoms with Gasteiger partial charge in [0.15, 0.2) is 0 Å². The monoisotopic (exact) mass is 280 g/mol. The quantitative estimate of drug-likeness (QED) is 0.835. The second kappa shape index (κ2) is 6.25. The van der Waals surface area contributed by atoms with Crippen LogP contribution in [0, 0.1) is 0 Å². The number of carbonyl (C=O) groups is 2. The third kappa shape index (κ3) is 4.11. The lowest BCUT2D eigenvalue weighted by Crippen LogP contribution is -2.63. The van der Waals surface area contributed by atoms with Gasteiger partial charge in [0.05, 0.1) is 6.42 Å². The number of hydrogen-bond acceptors (Lipinski definition) is 2. The zero-order chi connectivity index (χ0) is 14.6. The fourth-order valence-electron chi connectivity index (χ4n) is 2.23. The SMILES string of the molecule is CCCC1NC(=O)C(CC)N(CCC(F)(F)F)C1=O. The number of carbonyl (C=O) groups excluding carboxylic acids is 2. The lowest BCUT2D eigenvalue weighted by Gasteiger charge is -2.38. The summed E-state index contributed by atoms with van der Waals surface area (Å²) in [5.74, 6) is -0.764. The van der Waals surface area contributed by atoms with E-state index in [1.54, 1.807) is 6.92 Å². The molecule has 7 heteroatoms. The minimum atomic E-state index is -4.33. The van der Waals surface area contributed by atoms with Crippen LogP contribution < -0.4 is 5.32 Å². The molecule has 1 heterocycles. The molecule has 0 saturated carbocycles. The van der Waals surface area contributed by atoms with Crippen molar-refractivity contribution in [2.24, 2.45) is 0 Å². The van der Waals surface area contributed by atoms with Crippen molar-refractivity contribution in [2.75, 3.05) is 6.54 Å². The number of alkyl halides is 3. The first kappa shape index (κ1) is 15.8. The number of rotatable bonds is 5. The fraction of sp³-hybridized carbons (Fsp3) is 0.833. The number of halogens is 3. The predicted molar refractivity (Wildman–Crippen MR) is 63.3 cm³/mol. The standard InChI is InChI=1S/C12H19F3N2O2/c1-3-5-8-11(19)17(7-6-12(13,14)15)9(4-2)10(18)16-8/h8-9H,3-7H2,1-2H3,(H,16,18). The highest BCUT2D eigenvalue weighted by molar-refractivity contribution is 5.96. The van der Waals surface area contributed by atoms with Crippen LogP contribution in [-0.4, -0.2) is 41.5 Å². The van der Waals surface area contributed by atoms with Crippen molar-refractivity contribution in [3.8, 4) is 0 Å². The summed E-state index contributed by atoms with van der Waals surface area (Å²) < 4.78 is 36.8. The Kier molecular flexibility index (Phi) is 5.20. The van der Waals surface area contributed by atoms with E-state index in [-0.39, 0.29) is 5.91 Å². The highest BCUT2D eigenvalue weighted by Gasteiger charge is 2.40. The highest BCUT2D eigenvalue weighted by atomic mass is 19.4. The number of nitrogens with zero attached hydrogens (tertiary/aromatic N) is 1. The summed E-state index contributed by atoms with van der Waals surface area (Å²) in [6.45, 7) is 3.08. The van der Waals surface area contributed by atoms with Gasteiger partial charge in [-0.1, -0.05) is 20.3 Å². The Morgan fingerprint density at radius 3 is 2.37 bits per heavy atom. The predicted octanol–water partition coefficient (Wildman–Crippen LogP) is 1.84. The van der Waals surface area contributed by atoms with Gasteiger partial charge in [-0.3, -0.25) is 9.59 Å². The average molecular weight is 280 g/mol. The van der Waals surface area contributed by atoms with Crippen molar-refractivity contribution < 1.29 is 22.8 Å². The largest absolute Gasteiger partial charge is 0.390 e. The van der Waals surface area contributed by atoms with Gasteiger partial charge < -0.3 is 10.2 Å². The average Bonchev–Trinajstić information content (AvgIpc) is 2.30. The number of piperazine rings is 1. The molecular formula is C12H19F3N2O2. The van der Waals surface area contributed by atoms with E-state index in [1.165, 1.54) is 0 Å². The van der Waals surface area contributed by atoms with Gasteiger partial charge >= 0.3 is 6.18 Å². The van der Waals surface area contributed by atoms with Crippen molar-refractivity contribution >= 4 is 11.8 Å². The maximum atomic E-state index is 12.3. The molecule has 1 N–H and O–H groups in total. The van der Waals surface area contributed by atoms with Crippen molar-refractivity contribution in [3.63, 3.8) is 0 Å². The van der Waals surface area contributed by atoms with Gasteiger partial charge in [-0.2, -0.15) is 13.2 Å². The van der Waals surface area contributed by atoms with Crippen LogP contribution in [0.4, 0.5) is 13.2 Å². The third-order valence-electron chi connectivity index (χ3n) is 3.18. The van der Waals surface area contributed by atoms with Crippen LogP contribution in [-0.2, 0) is 9.59 Å². The molecule has 0 aliphatic carbocycles. The Morgan fingerprint density at radius 1 is 1.26 bits per heavy atom. The molecule has 1 rings (SSSR count). The maximum absolute atomic E-state index is 12.3. The molecule has 0 spiro atoms. The summed E-state index contributed by atoms with van der Waals surface area (Å²) in [5.41, 5.74) is 0. The molecule has 0 aromatic heterocycles. The minimum absolute atomic E-state index is 0.314. The van der Waals surface area contributed by atoms with Crippen LogP contribution in [0.5, 0.6) is 0 Å². The topological polar surface area (TPSA) is 49.4 Å². The molecule has 0 aromatic carbocycles. The van der Waals surface area contributed by atoms with Gasteiger partial charge in [0.1, 0.15) is 12.1 Å². The van der Waals surface area contributed by atoms with E-state index < -0.39 is 37.1 Å². The Bertz CT molecular complexity index is 344. The normalized spacial score (nSPS) is 24.6. The van der Waals surface area contributed by atoms with Gasteiger partial charge in [0.2, 0.25) is 11.8 Å². The molecule has 4 nitrogen and oxygen atoms in total. The summed E-state index contributed by atoms with van der Waals surface area (Å²) in [6, 6.07) is -1.48. The van der Waals surface area contributed by atoms with E-state index >= 15 is 0 Å². The van der Waals surface area contributed by atoms with Crippen molar-refractivity contribution in [1.82, 2.24) is 10.2 Å². The van der Waals surface area contributed by atoms with Crippen LogP contribution in [0.3, 0.4) is 0 Å². The number of nitrogens with one attached hydrogen (secondary N) is 1. The van der Waals surface area contributed by atoms with E-state index in [9.17, 15) is 22.8 Å². The van der Waals surface area contributed by atoms with Gasteiger partial charge in [-0.25, -0.2) is 0 Å². The zero-order valence-electron chi connectivity index (χ0n) is 11.1. The van der Waals surface area contributed by atoms with E-state index in [1.807, 2.05) is 6.92 Å². The number of hydrogen-bond donors (Lipinski definition) is 1. The van der Waals surface area contributed by atoms with Crippen LogP contribution in [0.2, 0.25) is 0 Å². The first-order valence-electron chi connectivity index (χ1n) is 6.47. The van der Waals surface area contributed by atoms with E-state index in [0.29, 0.717) is 19.3 Å². The molecule has 1 aliphatic rings. The Hall–Kier alpha value is -1.27. The van der Waals surface area contributed by atoms with Crippen molar-refractivity contribution in [3.05, 3.63) is 0 Å². The molecule has 0 aromatic rings. The molecule has 110 valence electrons. The molecule has 2 unspecified atom stereocenters. The van der Waals surface area contributed by atoms with Crippen LogP contribution in [0.15, 0.2) is 0 Å². The molecule has 2 amide bonds. The molecule has 0 bridgehead atoms. The third-order valence-corrected chi connectivity index (χ3v) is 3.18. The summed E-state index contributed by atoms with van der Waals surface area (Å²) in [7, 11) is 0. The first-order valence-corrected chi connectivity index (χ1v) is 6.47. The van der Waals surface area contributed by atoms with E-state index in [0.717, 1.165) is 4.90 Å². The summed E-state index contributed by atoms with van der Waals surface area (Å²) in [6.07, 6.45) is -3.97. The molecule has 1 saturated heterocycles. The maximum Gasteiger partial charge on any atom is 0.390 e. The molecule has 1 aliphatic heterocycles. The first-order chi connectivity index (χ1) is 8.80. The van der Waals surface area contributed by atoms with Gasteiger partial charge in [-0.05, 0) is 12.8 Å². The van der Waals surface area contributed by atoms with Gasteiger partial charge in [0, 0.05) is 6.54 Å². The number of amides is 2. The zero-order valence-corrected chi connectivity index (χ0v) is 11.1. The Balaban J connectivity index is 2.80. The second-order valence-corrected chi connectivity index (χ2v) is 4.67. The Labute approximate surface area is 110 Å². The van der Waals surface area contributed by atoms with Crippen LogP contribution >= 0.6 is 0 Å². The summed E-state index contributed by atoms with van der Waals surface area (Å²) in [4.78, 5) is 25.0. The van der Waals surface area contributed by atoms with Crippen molar-refractivity contribution in [2.45, 2.75) is 57.8 Å². The fourth-order valence-corrected chi connectivity index (χ4v) is 2.23. The highest BCUT2D eigenvalue weighted by Crippen LogP contribution is 2.23. The molecule has 0 radical (unpaired) electrons. The lowest BCUT2D eigenvalue weighted by molar-refractivity contribution is -0.158. The van der Waals surface area contributed by atoms with Crippen LogP contribution in [0.25, 0.3) is 0 Å². The van der Waals surface area contributed by atoms with Crippen molar-refractivity contribution in [1.29, 1.82) is 0 Å². The molecule has 2 atom stereocenters. The summed E-state index contributed by atoms with van der Waals surface area (Å²) >= 11 is 0. The minimum Gasteiger partial charge on any atom is -0.343 e. The van der Waals surface area contributed by atoms with Gasteiger partial charge in [-0.15, -0.1) is 0 Å². The lowest BCUT2D eigenvalue weighted by atomic mass is 10.0. The van der Waals surface area contributed by atoms with Crippen LogP contribution in [0.1, 0.15) is 39.5 Å². The molecule has 19 heavy (non-hydrogen) atoms. The van der Waals surface area contributed by atoms with E-state index in [4.69, 9.17) is 0 Å². The molecule has 1 fully saturated rings. The smallest absolute Gasteiger partial charge is 0.343 e. The van der Waals surface area contributed by atoms with E-state index in [2.05, 4.69) is 5.32 Å². The Morgan fingerprint density at radius 2 is 1.89 bits per heavy atom.